The lowest BCUT2D eigenvalue weighted by atomic mass is 10.3. The van der Waals surface area contributed by atoms with Gasteiger partial charge < -0.3 is 15.0 Å². The summed E-state index contributed by atoms with van der Waals surface area (Å²) in [6.45, 7) is 1.25. The molecule has 16 heavy (non-hydrogen) atoms. The summed E-state index contributed by atoms with van der Waals surface area (Å²) in [5.41, 5.74) is 0. The minimum Gasteiger partial charge on any atom is -0.470 e. The molecule has 1 unspecified atom stereocenters. The van der Waals surface area contributed by atoms with Crippen LogP contribution in [0.15, 0.2) is 11.5 Å². The van der Waals surface area contributed by atoms with E-state index in [4.69, 9.17) is 17.0 Å². The van der Waals surface area contributed by atoms with Crippen LogP contribution in [-0.4, -0.2) is 57.5 Å². The fourth-order valence-corrected chi connectivity index (χ4v) is 2.65. The molecule has 0 aliphatic carbocycles. The van der Waals surface area contributed by atoms with Gasteiger partial charge in [0.2, 0.25) is 0 Å². The van der Waals surface area contributed by atoms with E-state index < -0.39 is 9.84 Å². The van der Waals surface area contributed by atoms with Crippen molar-refractivity contribution >= 4 is 27.2 Å². The highest BCUT2D eigenvalue weighted by molar-refractivity contribution is 7.94. The zero-order chi connectivity index (χ0) is 12.2. The molecule has 1 aliphatic rings. The summed E-state index contributed by atoms with van der Waals surface area (Å²) in [6.07, 6.45) is 1.58. The summed E-state index contributed by atoms with van der Waals surface area (Å²) in [6, 6.07) is -0.267. The van der Waals surface area contributed by atoms with Gasteiger partial charge >= 0.3 is 0 Å². The SMILES string of the molecule is CN(C)CCOC(=S)NC1C=CS(=O)(=O)C1. The van der Waals surface area contributed by atoms with E-state index in [9.17, 15) is 8.42 Å². The maximum absolute atomic E-state index is 11.1. The number of nitrogens with one attached hydrogen (secondary N) is 1. The molecule has 0 spiro atoms. The summed E-state index contributed by atoms with van der Waals surface area (Å²) < 4.78 is 27.4. The highest BCUT2D eigenvalue weighted by Gasteiger charge is 2.22. The second kappa shape index (κ2) is 5.60. The molecule has 0 aromatic carbocycles. The first-order valence-electron chi connectivity index (χ1n) is 4.88. The third-order valence-corrected chi connectivity index (χ3v) is 3.64. The number of rotatable bonds is 4. The molecule has 1 N–H and O–H groups in total. The Morgan fingerprint density at radius 2 is 2.31 bits per heavy atom. The molecule has 0 radical (unpaired) electrons. The second-order valence-corrected chi connectivity index (χ2v) is 6.15. The minimum absolute atomic E-state index is 0.0458. The van der Waals surface area contributed by atoms with Crippen LogP contribution in [-0.2, 0) is 14.6 Å². The lowest BCUT2D eigenvalue weighted by Crippen LogP contribution is -2.36. The predicted molar refractivity (Wildman–Crippen MR) is 67.0 cm³/mol. The normalized spacial score (nSPS) is 22.3. The molecule has 1 rings (SSSR count). The molecule has 92 valence electrons. The average Bonchev–Trinajstić information content (AvgIpc) is 2.44. The summed E-state index contributed by atoms with van der Waals surface area (Å²) in [7, 11) is 0.832. The number of nitrogens with zero attached hydrogens (tertiary/aromatic N) is 1. The molecule has 0 saturated heterocycles. The number of ether oxygens (including phenoxy) is 1. The zero-order valence-corrected chi connectivity index (χ0v) is 11.0. The standard InChI is InChI=1S/C9H16N2O3S2/c1-11(2)4-5-14-9(15)10-8-3-6-16(12,13)7-8/h3,6,8H,4-5,7H2,1-2H3,(H,10,15). The van der Waals surface area contributed by atoms with Gasteiger partial charge in [0, 0.05) is 12.0 Å². The van der Waals surface area contributed by atoms with E-state index in [-0.39, 0.29) is 17.0 Å². The third kappa shape index (κ3) is 4.91. The van der Waals surface area contributed by atoms with Crippen molar-refractivity contribution in [2.75, 3.05) is 33.0 Å². The van der Waals surface area contributed by atoms with Crippen molar-refractivity contribution in [3.63, 3.8) is 0 Å². The third-order valence-electron chi connectivity index (χ3n) is 2.00. The maximum Gasteiger partial charge on any atom is 0.257 e. The summed E-state index contributed by atoms with van der Waals surface area (Å²) in [4.78, 5) is 1.97. The van der Waals surface area contributed by atoms with Crippen LogP contribution >= 0.6 is 12.2 Å². The smallest absolute Gasteiger partial charge is 0.257 e. The first-order chi connectivity index (χ1) is 7.39. The van der Waals surface area contributed by atoms with Crippen LogP contribution in [0, 0.1) is 0 Å². The van der Waals surface area contributed by atoms with Gasteiger partial charge in [-0.3, -0.25) is 0 Å². The van der Waals surface area contributed by atoms with Crippen molar-refractivity contribution in [1.82, 2.24) is 10.2 Å². The zero-order valence-electron chi connectivity index (χ0n) is 9.34. The van der Waals surface area contributed by atoms with E-state index in [0.29, 0.717) is 6.61 Å². The van der Waals surface area contributed by atoms with Gasteiger partial charge in [-0.15, -0.1) is 0 Å². The van der Waals surface area contributed by atoms with Gasteiger partial charge in [-0.2, -0.15) is 0 Å². The molecule has 0 fully saturated rings. The summed E-state index contributed by atoms with van der Waals surface area (Å²) in [5, 5.41) is 4.28. The van der Waals surface area contributed by atoms with Gasteiger partial charge in [-0.1, -0.05) is 0 Å². The van der Waals surface area contributed by atoms with E-state index in [1.807, 2.05) is 19.0 Å². The van der Waals surface area contributed by atoms with Gasteiger partial charge in [-0.05, 0) is 32.4 Å². The van der Waals surface area contributed by atoms with Gasteiger partial charge in [0.1, 0.15) is 6.61 Å². The Hall–Kier alpha value is -0.660. The van der Waals surface area contributed by atoms with E-state index in [2.05, 4.69) is 5.32 Å². The summed E-state index contributed by atoms with van der Waals surface area (Å²) >= 11 is 4.94. The molecule has 0 aromatic heterocycles. The number of hydrogen-bond donors (Lipinski definition) is 1. The Labute approximate surface area is 101 Å². The lowest BCUT2D eigenvalue weighted by Gasteiger charge is -2.15. The monoisotopic (exact) mass is 264 g/mol. The minimum atomic E-state index is -3.04. The number of hydrogen-bond acceptors (Lipinski definition) is 5. The second-order valence-electron chi connectivity index (χ2n) is 3.85. The molecule has 0 bridgehead atoms. The fourth-order valence-electron chi connectivity index (χ4n) is 1.18. The van der Waals surface area contributed by atoms with Crippen molar-refractivity contribution in [3.8, 4) is 0 Å². The Bertz CT molecular complexity index is 376. The maximum atomic E-state index is 11.1. The van der Waals surface area contributed by atoms with E-state index in [1.54, 1.807) is 6.08 Å². The topological polar surface area (TPSA) is 58.6 Å². The molecule has 0 saturated carbocycles. The lowest BCUT2D eigenvalue weighted by molar-refractivity contribution is 0.247. The summed E-state index contributed by atoms with van der Waals surface area (Å²) in [5.74, 6) is 0.0458. The van der Waals surface area contributed by atoms with Crippen LogP contribution in [0.1, 0.15) is 0 Å². The average molecular weight is 264 g/mol. The molecular weight excluding hydrogens is 248 g/mol. The first kappa shape index (κ1) is 13.4. The largest absolute Gasteiger partial charge is 0.470 e. The Morgan fingerprint density at radius 3 is 2.81 bits per heavy atom. The van der Waals surface area contributed by atoms with Gasteiger partial charge in [0.25, 0.3) is 5.17 Å². The Kier molecular flexibility index (Phi) is 4.69. The van der Waals surface area contributed by atoms with Crippen LogP contribution < -0.4 is 5.32 Å². The van der Waals surface area contributed by atoms with Gasteiger partial charge in [0.05, 0.1) is 11.8 Å². The van der Waals surface area contributed by atoms with Crippen molar-refractivity contribution < 1.29 is 13.2 Å². The van der Waals surface area contributed by atoms with Crippen LogP contribution in [0.4, 0.5) is 0 Å². The number of likely N-dealkylation sites (N-methyl/N-ethyl adjacent to an activating group) is 1. The molecule has 1 heterocycles. The van der Waals surface area contributed by atoms with Crippen molar-refractivity contribution in [2.45, 2.75) is 6.04 Å². The van der Waals surface area contributed by atoms with E-state index in [1.165, 1.54) is 5.41 Å². The molecule has 1 aliphatic heterocycles. The van der Waals surface area contributed by atoms with Crippen LogP contribution in [0.5, 0.6) is 0 Å². The van der Waals surface area contributed by atoms with Crippen molar-refractivity contribution in [1.29, 1.82) is 0 Å². The molecule has 0 amide bonds. The Morgan fingerprint density at radius 1 is 1.62 bits per heavy atom. The number of thiocarbonyl (C=S) groups is 1. The highest BCUT2D eigenvalue weighted by atomic mass is 32.2. The molecule has 5 nitrogen and oxygen atoms in total. The molecular formula is C9H16N2O3S2. The van der Waals surface area contributed by atoms with Gasteiger partial charge in [0.15, 0.2) is 9.84 Å². The predicted octanol–water partition coefficient (Wildman–Crippen LogP) is -0.250. The molecule has 0 aromatic rings. The van der Waals surface area contributed by atoms with Crippen LogP contribution in [0.25, 0.3) is 0 Å². The van der Waals surface area contributed by atoms with Crippen LogP contribution in [0.3, 0.4) is 0 Å². The van der Waals surface area contributed by atoms with Gasteiger partial charge in [-0.25, -0.2) is 8.42 Å². The quantitative estimate of drug-likeness (QED) is 0.707. The molecule has 1 atom stereocenters. The fraction of sp³-hybridized carbons (Fsp3) is 0.667. The van der Waals surface area contributed by atoms with Crippen molar-refractivity contribution in [3.05, 3.63) is 11.5 Å². The number of sulfone groups is 1. The van der Waals surface area contributed by atoms with E-state index in [0.717, 1.165) is 6.54 Å². The first-order valence-corrected chi connectivity index (χ1v) is 7.00. The highest BCUT2D eigenvalue weighted by Crippen LogP contribution is 2.07. The molecule has 7 heteroatoms. The van der Waals surface area contributed by atoms with Crippen LogP contribution in [0.2, 0.25) is 0 Å². The van der Waals surface area contributed by atoms with Crippen molar-refractivity contribution in [2.24, 2.45) is 0 Å². The van der Waals surface area contributed by atoms with E-state index >= 15 is 0 Å². The Balaban J connectivity index is 2.24.